The molecule has 0 saturated carbocycles. The molecule has 0 spiro atoms. The van der Waals surface area contributed by atoms with Crippen LogP contribution in [-0.4, -0.2) is 117 Å². The van der Waals surface area contributed by atoms with E-state index in [0.29, 0.717) is 41.0 Å². The fourth-order valence-corrected chi connectivity index (χ4v) is 9.89. The smallest absolute Gasteiger partial charge is 0.423 e. The van der Waals surface area contributed by atoms with Crippen LogP contribution in [0.15, 0.2) is 59.6 Å². The number of amides is 7. The Balaban J connectivity index is 0.826. The molecule has 2 N–H and O–H groups in total. The van der Waals surface area contributed by atoms with E-state index in [2.05, 4.69) is 27.8 Å². The fourth-order valence-electron chi connectivity index (χ4n) is 8.55. The summed E-state index contributed by atoms with van der Waals surface area (Å²) in [5, 5.41) is 27.7. The summed E-state index contributed by atoms with van der Waals surface area (Å²) in [4.78, 5) is 112. The van der Waals surface area contributed by atoms with Crippen molar-refractivity contribution in [3.8, 4) is 22.2 Å². The number of ether oxygens (including phenoxy) is 4. The van der Waals surface area contributed by atoms with Crippen LogP contribution in [0.2, 0.25) is 5.02 Å². The summed E-state index contributed by atoms with van der Waals surface area (Å²) < 4.78 is 23.1. The molecule has 2 atom stereocenters. The minimum absolute atomic E-state index is 0.00766. The van der Waals surface area contributed by atoms with Crippen molar-refractivity contribution < 1.29 is 57.4 Å². The molecule has 1 saturated heterocycles. The van der Waals surface area contributed by atoms with E-state index in [1.807, 2.05) is 30.5 Å². The lowest BCUT2D eigenvalue weighted by molar-refractivity contribution is -0.385. The lowest BCUT2D eigenvalue weighted by atomic mass is 9.99. The van der Waals surface area contributed by atoms with Gasteiger partial charge in [-0.1, -0.05) is 29.8 Å². The van der Waals surface area contributed by atoms with Crippen LogP contribution in [0.3, 0.4) is 0 Å². The van der Waals surface area contributed by atoms with E-state index in [0.717, 1.165) is 38.3 Å². The van der Waals surface area contributed by atoms with Crippen molar-refractivity contribution in [2.75, 3.05) is 33.9 Å². The number of carbonyl (C=O) groups is 7. The maximum Gasteiger partial charge on any atom is 0.423 e. The number of nitrogens with zero attached hydrogens (tertiary/aromatic N) is 7. The molecule has 3 aliphatic rings. The highest BCUT2D eigenvalue weighted by molar-refractivity contribution is 7.15. The molecular formula is C48H46ClN9O13S. The van der Waals surface area contributed by atoms with Gasteiger partial charge in [-0.25, -0.2) is 4.79 Å². The maximum absolute atomic E-state index is 13.9. The third-order valence-electron chi connectivity index (χ3n) is 12.3. The number of hydrogen-bond donors (Lipinski definition) is 2. The van der Waals surface area contributed by atoms with Gasteiger partial charge in [-0.2, -0.15) is 4.90 Å². The van der Waals surface area contributed by atoms with Crippen molar-refractivity contribution in [2.24, 2.45) is 4.99 Å². The quantitative estimate of drug-likeness (QED) is 0.0492. The summed E-state index contributed by atoms with van der Waals surface area (Å²) in [7, 11) is 2.56. The second-order valence-electron chi connectivity index (χ2n) is 16.7. The van der Waals surface area contributed by atoms with Gasteiger partial charge in [-0.15, -0.1) is 21.5 Å². The minimum atomic E-state index is -1.60. The number of nitro benzene ring substituents is 1. The lowest BCUT2D eigenvalue weighted by Crippen LogP contribution is -2.57. The van der Waals surface area contributed by atoms with Gasteiger partial charge in [0.1, 0.15) is 35.3 Å². The van der Waals surface area contributed by atoms with Gasteiger partial charge in [-0.05, 0) is 75.9 Å². The van der Waals surface area contributed by atoms with E-state index in [9.17, 15) is 43.7 Å². The Bertz CT molecular complexity index is 3100. The molecular weight excluding hydrogens is 978 g/mol. The van der Waals surface area contributed by atoms with Crippen LogP contribution in [0.5, 0.6) is 17.2 Å². The number of piperidine rings is 1. The molecule has 24 heteroatoms. The molecule has 1 unspecified atom stereocenters. The van der Waals surface area contributed by atoms with E-state index in [1.54, 1.807) is 23.5 Å². The predicted molar refractivity (Wildman–Crippen MR) is 257 cm³/mol. The molecule has 3 aliphatic heterocycles. The highest BCUT2D eigenvalue weighted by atomic mass is 35.5. The first-order valence-corrected chi connectivity index (χ1v) is 23.7. The second-order valence-corrected chi connectivity index (χ2v) is 18.4. The van der Waals surface area contributed by atoms with Crippen molar-refractivity contribution >= 4 is 75.9 Å². The summed E-state index contributed by atoms with van der Waals surface area (Å²) in [5.41, 5.74) is 2.62. The average Bonchev–Trinajstić information content (AvgIpc) is 3.94. The van der Waals surface area contributed by atoms with Gasteiger partial charge in [0.15, 0.2) is 23.9 Å². The molecule has 8 rings (SSSR count). The number of methoxy groups -OCH3 is 2. The number of halogens is 1. The van der Waals surface area contributed by atoms with Crippen molar-refractivity contribution in [1.82, 2.24) is 35.2 Å². The standard InChI is InChI=1S/C48H46ClN9O13S/c1-24-25(2)72-47-40(24)42(27-11-13-29(49)14-12-27)52-31(43-54-53-26(3)55(43)47)20-37(59)50-17-6-7-18-51-38(60)23-70-34-10-8-9-30-41(34)46(64)56(44(30)62)32-15-16-39(61)57(45(32)63)48(65)71-22-28-19-35(68-4)36(69-5)21-33(28)58(66)67/h8-14,19,21,31-32H,6-7,15-18,20,22-23H2,1-5H3,(H,50,59)(H,51,60)/t31-,32?/m0/s1. The zero-order chi connectivity index (χ0) is 51.5. The van der Waals surface area contributed by atoms with Gasteiger partial charge in [0.25, 0.3) is 29.3 Å². The first kappa shape index (κ1) is 50.3. The van der Waals surface area contributed by atoms with E-state index in [1.165, 1.54) is 38.5 Å². The maximum atomic E-state index is 13.9. The number of likely N-dealkylation sites (tertiary alicyclic amines) is 1. The molecule has 0 aliphatic carbocycles. The molecule has 72 heavy (non-hydrogen) atoms. The highest BCUT2D eigenvalue weighted by Gasteiger charge is 2.50. The SMILES string of the molecule is COc1cc(COC(=O)N2C(=O)CCC(N3C(=O)c4cccc(OCC(=O)NCCCCNC(=O)C[C@@H]5N=C(c6ccc(Cl)cc6)c6c(sc(C)c6C)-n6c(C)nnc65)c4C3=O)C2=O)c([N+](=O)[O-])cc1OC. The molecule has 0 radical (unpaired) electrons. The van der Waals surface area contributed by atoms with Crippen molar-refractivity contribution in [3.05, 3.63) is 120 Å². The van der Waals surface area contributed by atoms with Crippen LogP contribution in [0.25, 0.3) is 5.00 Å². The van der Waals surface area contributed by atoms with Crippen LogP contribution in [0.1, 0.15) is 97.6 Å². The molecule has 7 amide bonds. The Morgan fingerprint density at radius 1 is 0.889 bits per heavy atom. The van der Waals surface area contributed by atoms with Crippen LogP contribution in [0.4, 0.5) is 10.5 Å². The first-order valence-electron chi connectivity index (χ1n) is 22.5. The Kier molecular flexibility index (Phi) is 14.8. The Morgan fingerprint density at radius 2 is 1.58 bits per heavy atom. The summed E-state index contributed by atoms with van der Waals surface area (Å²) in [5.74, 6) is -3.63. The van der Waals surface area contributed by atoms with Crippen LogP contribution >= 0.6 is 22.9 Å². The van der Waals surface area contributed by atoms with Gasteiger partial charge < -0.3 is 29.6 Å². The van der Waals surface area contributed by atoms with Gasteiger partial charge in [0, 0.05) is 40.5 Å². The number of hydrogen-bond acceptors (Lipinski definition) is 17. The number of nitrogens with one attached hydrogen (secondary N) is 2. The number of unbranched alkanes of at least 4 members (excludes halogenated alkanes) is 1. The Morgan fingerprint density at radius 3 is 2.28 bits per heavy atom. The van der Waals surface area contributed by atoms with Crippen molar-refractivity contribution in [3.63, 3.8) is 0 Å². The summed E-state index contributed by atoms with van der Waals surface area (Å²) >= 11 is 7.84. The number of nitro groups is 1. The third-order valence-corrected chi connectivity index (χ3v) is 13.7. The molecule has 3 aromatic carbocycles. The van der Waals surface area contributed by atoms with E-state index < -0.39 is 78.0 Å². The average molecular weight is 1020 g/mol. The summed E-state index contributed by atoms with van der Waals surface area (Å²) in [6.45, 7) is 5.20. The Labute approximate surface area is 419 Å². The zero-order valence-electron chi connectivity index (χ0n) is 39.4. The number of rotatable bonds is 17. The largest absolute Gasteiger partial charge is 0.493 e. The number of aryl methyl sites for hydroxylation is 2. The molecule has 374 valence electrons. The highest BCUT2D eigenvalue weighted by Crippen LogP contribution is 2.40. The number of aliphatic imine (C=N–C) groups is 1. The van der Waals surface area contributed by atoms with Gasteiger partial charge >= 0.3 is 6.09 Å². The number of aromatic nitrogens is 3. The van der Waals surface area contributed by atoms with E-state index in [4.69, 9.17) is 35.5 Å². The number of imide groups is 4. The molecule has 2 aromatic heterocycles. The van der Waals surface area contributed by atoms with Crippen molar-refractivity contribution in [2.45, 2.75) is 71.6 Å². The second kappa shape index (κ2) is 21.1. The number of fused-ring (bicyclic) bond motifs is 4. The normalized spacial score (nSPS) is 16.1. The summed E-state index contributed by atoms with van der Waals surface area (Å²) in [6.07, 6.45) is -1.21. The van der Waals surface area contributed by atoms with Crippen molar-refractivity contribution in [1.29, 1.82) is 0 Å². The van der Waals surface area contributed by atoms with Gasteiger partial charge in [0.2, 0.25) is 11.8 Å². The van der Waals surface area contributed by atoms with Crippen LogP contribution < -0.4 is 24.8 Å². The Hall–Kier alpha value is -8.05. The molecule has 0 bridgehead atoms. The predicted octanol–water partition coefficient (Wildman–Crippen LogP) is 5.66. The zero-order valence-corrected chi connectivity index (χ0v) is 41.0. The molecule has 5 heterocycles. The topological polar surface area (TPSA) is 273 Å². The van der Waals surface area contributed by atoms with Gasteiger partial charge in [0.05, 0.1) is 54.0 Å². The molecule has 5 aromatic rings. The minimum Gasteiger partial charge on any atom is -0.493 e. The molecule has 22 nitrogen and oxygen atoms in total. The fraction of sp³-hybridized carbons (Fsp3) is 0.333. The van der Waals surface area contributed by atoms with E-state index >= 15 is 0 Å². The lowest BCUT2D eigenvalue weighted by Gasteiger charge is -2.32. The number of thiophene rings is 1. The molecule has 1 fully saturated rings. The monoisotopic (exact) mass is 1020 g/mol. The third kappa shape index (κ3) is 9.84. The number of carbonyl (C=O) groups excluding carboxylic acids is 7. The van der Waals surface area contributed by atoms with Crippen LogP contribution in [0, 0.1) is 30.9 Å². The van der Waals surface area contributed by atoms with Crippen LogP contribution in [-0.2, 0) is 30.5 Å². The van der Waals surface area contributed by atoms with Gasteiger partial charge in [-0.3, -0.25) is 53.3 Å². The first-order chi connectivity index (χ1) is 34.5. The van der Waals surface area contributed by atoms with E-state index in [-0.39, 0.29) is 64.1 Å². The summed E-state index contributed by atoms with van der Waals surface area (Å²) in [6, 6.07) is 11.5. The number of benzene rings is 3.